The summed E-state index contributed by atoms with van der Waals surface area (Å²) in [5.74, 6) is 6.18. The van der Waals surface area contributed by atoms with E-state index in [0.717, 1.165) is 36.9 Å². The van der Waals surface area contributed by atoms with Crippen molar-refractivity contribution in [3.05, 3.63) is 56.2 Å². The van der Waals surface area contributed by atoms with Crippen LogP contribution in [0, 0.1) is 18.8 Å². The van der Waals surface area contributed by atoms with E-state index in [4.69, 9.17) is 4.74 Å². The average Bonchev–Trinajstić information content (AvgIpc) is 3.70. The van der Waals surface area contributed by atoms with E-state index >= 15 is 0 Å². The van der Waals surface area contributed by atoms with E-state index in [1.54, 1.807) is 11.6 Å². The maximum Gasteiger partial charge on any atom is 0.414 e. The third kappa shape index (κ3) is 3.75. The van der Waals surface area contributed by atoms with Crippen LogP contribution in [-0.2, 0) is 11.2 Å². The molecule has 2 saturated carbocycles. The van der Waals surface area contributed by atoms with Crippen molar-refractivity contribution in [2.24, 2.45) is 4.99 Å². The van der Waals surface area contributed by atoms with E-state index in [2.05, 4.69) is 16.8 Å². The van der Waals surface area contributed by atoms with Gasteiger partial charge in [-0.15, -0.1) is 0 Å². The number of hydrogen-bond donors (Lipinski definition) is 0. The van der Waals surface area contributed by atoms with Crippen LogP contribution in [0.4, 0.5) is 16.3 Å². The van der Waals surface area contributed by atoms with Crippen molar-refractivity contribution in [3.8, 4) is 11.8 Å². The summed E-state index contributed by atoms with van der Waals surface area (Å²) in [6, 6.07) is 7.68. The lowest BCUT2D eigenvalue weighted by Gasteiger charge is -2.16. The molecule has 0 saturated heterocycles. The van der Waals surface area contributed by atoms with Crippen LogP contribution >= 0.6 is 0 Å². The molecule has 5 rings (SSSR count). The molecule has 1 aliphatic heterocycles. The third-order valence-electron chi connectivity index (χ3n) is 5.99. The van der Waals surface area contributed by atoms with Crippen LogP contribution < -0.4 is 16.1 Å². The van der Waals surface area contributed by atoms with E-state index in [1.807, 2.05) is 31.2 Å². The first kappa shape index (κ1) is 20.3. The standard InChI is InChI=1S/C24H24N4O4/c1-15-5-7-17(8-6-15)26(2)24(31)32-13-3-4-16-14-20-21(25-16)27(18-9-10-18)23(30)28(22(20)29)19-11-12-19/h5-8,18-19H,9-14H2,1-2H3. The van der Waals surface area contributed by atoms with Crippen molar-refractivity contribution in [2.45, 2.75) is 51.1 Å². The molecule has 0 unspecified atom stereocenters. The van der Waals surface area contributed by atoms with E-state index in [1.165, 1.54) is 9.47 Å². The Bertz CT molecular complexity index is 1300. The summed E-state index contributed by atoms with van der Waals surface area (Å²) >= 11 is 0. The molecule has 1 aromatic carbocycles. The van der Waals surface area contributed by atoms with Gasteiger partial charge in [-0.2, -0.15) is 0 Å². The number of benzene rings is 1. The van der Waals surface area contributed by atoms with Crippen LogP contribution in [0.25, 0.3) is 0 Å². The van der Waals surface area contributed by atoms with Crippen molar-refractivity contribution in [2.75, 3.05) is 18.6 Å². The van der Waals surface area contributed by atoms with Crippen LogP contribution in [0.15, 0.2) is 38.8 Å². The quantitative estimate of drug-likeness (QED) is 0.696. The van der Waals surface area contributed by atoms with E-state index < -0.39 is 6.09 Å². The van der Waals surface area contributed by atoms with Crippen molar-refractivity contribution < 1.29 is 9.53 Å². The Morgan fingerprint density at radius 2 is 1.78 bits per heavy atom. The zero-order chi connectivity index (χ0) is 22.4. The summed E-state index contributed by atoms with van der Waals surface area (Å²) in [5.41, 5.74) is 2.41. The van der Waals surface area contributed by atoms with Gasteiger partial charge in [-0.3, -0.25) is 18.8 Å². The van der Waals surface area contributed by atoms with Gasteiger partial charge in [0.1, 0.15) is 5.82 Å². The van der Waals surface area contributed by atoms with Gasteiger partial charge in [0.05, 0.1) is 11.3 Å². The van der Waals surface area contributed by atoms with Crippen LogP contribution in [0.3, 0.4) is 0 Å². The Labute approximate surface area is 185 Å². The number of aryl methyl sites for hydroxylation is 1. The summed E-state index contributed by atoms with van der Waals surface area (Å²) in [7, 11) is 1.64. The third-order valence-corrected chi connectivity index (χ3v) is 5.99. The Balaban J connectivity index is 1.29. The van der Waals surface area contributed by atoms with Crippen LogP contribution in [-0.4, -0.2) is 34.6 Å². The monoisotopic (exact) mass is 432 g/mol. The maximum absolute atomic E-state index is 12.9. The molecule has 0 bridgehead atoms. The topological polar surface area (TPSA) is 85.9 Å². The highest BCUT2D eigenvalue weighted by molar-refractivity contribution is 6.06. The Hall–Kier alpha value is -3.60. The van der Waals surface area contributed by atoms with Crippen LogP contribution in [0.5, 0.6) is 0 Å². The molecule has 2 heterocycles. The van der Waals surface area contributed by atoms with Gasteiger partial charge in [0.2, 0.25) is 0 Å². The number of amides is 1. The number of anilines is 1. The molecule has 1 aromatic heterocycles. The first-order chi connectivity index (χ1) is 15.4. The van der Waals surface area contributed by atoms with Gasteiger partial charge in [0, 0.05) is 31.2 Å². The zero-order valence-corrected chi connectivity index (χ0v) is 18.1. The van der Waals surface area contributed by atoms with E-state index in [9.17, 15) is 14.4 Å². The Morgan fingerprint density at radius 3 is 2.44 bits per heavy atom. The molecule has 2 aliphatic carbocycles. The molecule has 0 radical (unpaired) electrons. The van der Waals surface area contributed by atoms with Gasteiger partial charge in [0.15, 0.2) is 6.61 Å². The van der Waals surface area contributed by atoms with Gasteiger partial charge < -0.3 is 4.74 Å². The number of aliphatic imine (C=N–C) groups is 1. The Kier molecular flexibility index (Phi) is 4.97. The minimum atomic E-state index is -0.505. The number of nitrogens with zero attached hydrogens (tertiary/aromatic N) is 4. The largest absolute Gasteiger partial charge is 0.436 e. The number of hydrogen-bond acceptors (Lipinski definition) is 5. The first-order valence-electron chi connectivity index (χ1n) is 10.9. The predicted octanol–water partition coefficient (Wildman–Crippen LogP) is 2.89. The van der Waals surface area contributed by atoms with Crippen molar-refractivity contribution in [1.29, 1.82) is 0 Å². The van der Waals surface area contributed by atoms with Crippen molar-refractivity contribution in [3.63, 3.8) is 0 Å². The summed E-state index contributed by atoms with van der Waals surface area (Å²) in [5, 5.41) is 0. The fourth-order valence-corrected chi connectivity index (χ4v) is 3.89. The molecule has 2 fully saturated rings. The highest BCUT2D eigenvalue weighted by Gasteiger charge is 2.36. The average molecular weight is 432 g/mol. The highest BCUT2D eigenvalue weighted by atomic mass is 16.6. The zero-order valence-electron chi connectivity index (χ0n) is 18.1. The van der Waals surface area contributed by atoms with Gasteiger partial charge >= 0.3 is 11.8 Å². The summed E-state index contributed by atoms with van der Waals surface area (Å²) < 4.78 is 8.33. The van der Waals surface area contributed by atoms with Crippen LogP contribution in [0.2, 0.25) is 0 Å². The molecule has 164 valence electrons. The number of aromatic nitrogens is 2. The summed E-state index contributed by atoms with van der Waals surface area (Å²) in [6.45, 7) is 1.89. The Morgan fingerprint density at radius 1 is 1.12 bits per heavy atom. The minimum absolute atomic E-state index is 0.0189. The minimum Gasteiger partial charge on any atom is -0.436 e. The molecule has 0 spiro atoms. The summed E-state index contributed by atoms with van der Waals surface area (Å²) in [4.78, 5) is 44.0. The maximum atomic E-state index is 12.9. The van der Waals surface area contributed by atoms with E-state index in [-0.39, 0.29) is 29.9 Å². The first-order valence-corrected chi connectivity index (χ1v) is 10.9. The molecule has 3 aliphatic rings. The summed E-state index contributed by atoms with van der Waals surface area (Å²) in [6.07, 6.45) is 3.39. The van der Waals surface area contributed by atoms with Crippen molar-refractivity contribution >= 4 is 23.3 Å². The predicted molar refractivity (Wildman–Crippen MR) is 121 cm³/mol. The lowest BCUT2D eigenvalue weighted by atomic mass is 10.2. The van der Waals surface area contributed by atoms with E-state index in [0.29, 0.717) is 23.5 Å². The molecule has 0 atom stereocenters. The number of ether oxygens (including phenoxy) is 1. The second kappa shape index (κ2) is 7.83. The fourth-order valence-electron chi connectivity index (χ4n) is 3.89. The second-order valence-electron chi connectivity index (χ2n) is 8.58. The lowest BCUT2D eigenvalue weighted by Crippen LogP contribution is -2.40. The van der Waals surface area contributed by atoms with Crippen LogP contribution in [0.1, 0.15) is 48.9 Å². The van der Waals surface area contributed by atoms with Gasteiger partial charge in [-0.05, 0) is 50.7 Å². The van der Waals surface area contributed by atoms with Gasteiger partial charge in [-0.1, -0.05) is 23.6 Å². The SMILES string of the molecule is Cc1ccc(N(C)C(=O)OCC#CC2=Nc3c(c(=O)n(C4CC4)c(=O)n3C3CC3)C2)cc1. The number of rotatable bonds is 4. The molecule has 8 heteroatoms. The highest BCUT2D eigenvalue weighted by Crippen LogP contribution is 2.40. The number of carbonyl (C=O) groups is 1. The molecular weight excluding hydrogens is 408 g/mol. The van der Waals surface area contributed by atoms with Gasteiger partial charge in [0.25, 0.3) is 5.56 Å². The smallest absolute Gasteiger partial charge is 0.414 e. The number of fused-ring (bicyclic) bond motifs is 1. The molecule has 2 aromatic rings. The molecular formula is C24H24N4O4. The lowest BCUT2D eigenvalue weighted by molar-refractivity contribution is 0.169. The molecule has 1 amide bonds. The molecule has 0 N–H and O–H groups in total. The normalized spacial score (nSPS) is 16.6. The number of carbonyl (C=O) groups excluding carboxylic acids is 1. The molecule has 32 heavy (non-hydrogen) atoms. The second-order valence-corrected chi connectivity index (χ2v) is 8.58. The van der Waals surface area contributed by atoms with Crippen molar-refractivity contribution in [1.82, 2.24) is 9.13 Å². The fraction of sp³-hybridized carbons (Fsp3) is 0.417. The molecule has 8 nitrogen and oxygen atoms in total. The van der Waals surface area contributed by atoms with Gasteiger partial charge in [-0.25, -0.2) is 14.6 Å².